The summed E-state index contributed by atoms with van der Waals surface area (Å²) in [5.74, 6) is 0. The second-order valence-corrected chi connectivity index (χ2v) is 3.25. The Balaban J connectivity index is 0. The van der Waals surface area contributed by atoms with Crippen LogP contribution in [0.15, 0.2) is 0 Å². The third kappa shape index (κ3) is 40.8. The molecule has 0 unspecified atom stereocenters. The van der Waals surface area contributed by atoms with E-state index in [4.69, 9.17) is 0 Å². The van der Waals surface area contributed by atoms with Gasteiger partial charge >= 0.3 is 0 Å². The third-order valence-electron chi connectivity index (χ3n) is 0.809. The van der Waals surface area contributed by atoms with E-state index in [0.717, 1.165) is 13.1 Å². The molecular weight excluding hydrogens is 138 g/mol. The molecule has 0 aromatic rings. The number of hydrogen-bond acceptors (Lipinski definition) is 3. The molecule has 0 bridgehead atoms. The molecule has 0 heterocycles. The van der Waals surface area contributed by atoms with Gasteiger partial charge in [0.2, 0.25) is 0 Å². The van der Waals surface area contributed by atoms with E-state index < -0.39 is 0 Å². The maximum absolute atomic E-state index is 3.06. The number of hydrogen-bond donors (Lipinski definition) is 1. The van der Waals surface area contributed by atoms with E-state index in [0.29, 0.717) is 0 Å². The molecular formula is C8H23N3. The average molecular weight is 161 g/mol. The van der Waals surface area contributed by atoms with E-state index in [1.54, 1.807) is 0 Å². The minimum Gasteiger partial charge on any atom is -0.318 e. The van der Waals surface area contributed by atoms with E-state index in [1.807, 2.05) is 33.1 Å². The van der Waals surface area contributed by atoms with Crippen LogP contribution in [0.1, 0.15) is 0 Å². The molecule has 0 aromatic heterocycles. The molecule has 0 aliphatic carbocycles. The van der Waals surface area contributed by atoms with Gasteiger partial charge in [0.1, 0.15) is 0 Å². The highest BCUT2D eigenvalue weighted by atomic mass is 15.1. The van der Waals surface area contributed by atoms with Crippen LogP contribution in [0.5, 0.6) is 0 Å². The molecule has 0 rings (SSSR count). The fraction of sp³-hybridized carbons (Fsp3) is 1.00. The summed E-state index contributed by atoms with van der Waals surface area (Å²) in [4.78, 5) is 4.15. The van der Waals surface area contributed by atoms with E-state index in [2.05, 4.69) is 24.3 Å². The van der Waals surface area contributed by atoms with Gasteiger partial charge in [0.15, 0.2) is 0 Å². The van der Waals surface area contributed by atoms with Gasteiger partial charge in [-0.2, -0.15) is 0 Å². The lowest BCUT2D eigenvalue weighted by Crippen LogP contribution is -2.23. The largest absolute Gasteiger partial charge is 0.318 e. The van der Waals surface area contributed by atoms with Crippen molar-refractivity contribution >= 4 is 0 Å². The van der Waals surface area contributed by atoms with Crippen LogP contribution < -0.4 is 5.32 Å². The first-order valence-electron chi connectivity index (χ1n) is 3.91. The average Bonchev–Trinajstić information content (AvgIpc) is 1.82. The quantitative estimate of drug-likeness (QED) is 0.626. The van der Waals surface area contributed by atoms with Crippen LogP contribution in [0.4, 0.5) is 0 Å². The maximum atomic E-state index is 3.06. The van der Waals surface area contributed by atoms with Gasteiger partial charge in [-0.1, -0.05) is 0 Å². The van der Waals surface area contributed by atoms with Gasteiger partial charge in [-0.3, -0.25) is 0 Å². The summed E-state index contributed by atoms with van der Waals surface area (Å²) in [6.07, 6.45) is 0. The molecule has 0 atom stereocenters. The molecule has 0 fully saturated rings. The van der Waals surface area contributed by atoms with E-state index in [9.17, 15) is 0 Å². The lowest BCUT2D eigenvalue weighted by Gasteiger charge is -2.06. The van der Waals surface area contributed by atoms with Crippen molar-refractivity contribution in [3.05, 3.63) is 0 Å². The molecule has 0 spiro atoms. The van der Waals surface area contributed by atoms with Crippen molar-refractivity contribution in [2.24, 2.45) is 0 Å². The van der Waals surface area contributed by atoms with Gasteiger partial charge in [-0.15, -0.1) is 0 Å². The standard InChI is InChI=1S/C5H14N2.C3H9N/c1-6-4-5-7(2)3;1-4(2)3/h6H,4-5H2,1-3H3;1-3H3. The summed E-state index contributed by atoms with van der Waals surface area (Å²) < 4.78 is 0. The highest BCUT2D eigenvalue weighted by molar-refractivity contribution is 4.42. The Kier molecular flexibility index (Phi) is 12.1. The Morgan fingerprint density at radius 2 is 1.36 bits per heavy atom. The molecule has 70 valence electrons. The Morgan fingerprint density at radius 3 is 1.45 bits per heavy atom. The van der Waals surface area contributed by atoms with Crippen molar-refractivity contribution in [1.82, 2.24) is 15.1 Å². The van der Waals surface area contributed by atoms with Crippen molar-refractivity contribution in [3.63, 3.8) is 0 Å². The van der Waals surface area contributed by atoms with Crippen LogP contribution in [0, 0.1) is 0 Å². The minimum atomic E-state index is 1.08. The first-order valence-corrected chi connectivity index (χ1v) is 3.91. The molecule has 3 heteroatoms. The fourth-order valence-corrected chi connectivity index (χ4v) is 0.335. The third-order valence-corrected chi connectivity index (χ3v) is 0.809. The molecule has 3 nitrogen and oxygen atoms in total. The molecule has 1 N–H and O–H groups in total. The van der Waals surface area contributed by atoms with Crippen LogP contribution in [-0.4, -0.2) is 65.2 Å². The molecule has 0 amide bonds. The maximum Gasteiger partial charge on any atom is 0.0101 e. The Labute approximate surface area is 71.4 Å². The summed E-state index contributed by atoms with van der Waals surface area (Å²) in [7, 11) is 12.1. The Bertz CT molecular complexity index is 59.6. The number of nitrogens with one attached hydrogen (secondary N) is 1. The number of nitrogens with zero attached hydrogens (tertiary/aromatic N) is 2. The van der Waals surface area contributed by atoms with Crippen LogP contribution >= 0.6 is 0 Å². The van der Waals surface area contributed by atoms with Crippen molar-refractivity contribution in [1.29, 1.82) is 0 Å². The summed E-state index contributed by atoms with van der Waals surface area (Å²) in [6, 6.07) is 0. The van der Waals surface area contributed by atoms with Crippen molar-refractivity contribution in [2.45, 2.75) is 0 Å². The Hall–Kier alpha value is -0.120. The first kappa shape index (κ1) is 13.5. The lowest BCUT2D eigenvalue weighted by molar-refractivity contribution is 0.407. The minimum absolute atomic E-state index is 1.08. The van der Waals surface area contributed by atoms with Crippen LogP contribution in [0.2, 0.25) is 0 Å². The molecule has 0 aromatic carbocycles. The van der Waals surface area contributed by atoms with Crippen molar-refractivity contribution < 1.29 is 0 Å². The van der Waals surface area contributed by atoms with Crippen molar-refractivity contribution in [2.75, 3.05) is 55.4 Å². The fourth-order valence-electron chi connectivity index (χ4n) is 0.335. The molecule has 0 saturated heterocycles. The summed E-state index contributed by atoms with van der Waals surface area (Å²) in [6.45, 7) is 2.20. The second kappa shape index (κ2) is 9.88. The SMILES string of the molecule is CN(C)C.CNCCN(C)C. The molecule has 0 saturated carbocycles. The van der Waals surface area contributed by atoms with Gasteiger partial charge in [0, 0.05) is 13.1 Å². The first-order chi connectivity index (χ1) is 5.00. The molecule has 0 radical (unpaired) electrons. The molecule has 11 heavy (non-hydrogen) atoms. The number of likely N-dealkylation sites (N-methyl/N-ethyl adjacent to an activating group) is 2. The molecule has 0 aliphatic heterocycles. The Morgan fingerprint density at radius 1 is 1.00 bits per heavy atom. The zero-order valence-electron chi connectivity index (χ0n) is 8.81. The summed E-state index contributed by atoms with van der Waals surface area (Å²) >= 11 is 0. The highest BCUT2D eigenvalue weighted by Crippen LogP contribution is 1.66. The van der Waals surface area contributed by atoms with E-state index >= 15 is 0 Å². The van der Waals surface area contributed by atoms with Crippen LogP contribution in [-0.2, 0) is 0 Å². The molecule has 0 aliphatic rings. The number of rotatable bonds is 3. The van der Waals surface area contributed by atoms with Crippen LogP contribution in [0.25, 0.3) is 0 Å². The zero-order valence-corrected chi connectivity index (χ0v) is 8.81. The topological polar surface area (TPSA) is 18.5 Å². The van der Waals surface area contributed by atoms with E-state index in [1.165, 1.54) is 0 Å². The zero-order chi connectivity index (χ0) is 9.28. The normalized spacial score (nSPS) is 9.82. The second-order valence-electron chi connectivity index (χ2n) is 3.25. The predicted molar refractivity (Wildman–Crippen MR) is 52.1 cm³/mol. The van der Waals surface area contributed by atoms with Gasteiger partial charge < -0.3 is 15.1 Å². The van der Waals surface area contributed by atoms with Crippen LogP contribution in [0.3, 0.4) is 0 Å². The van der Waals surface area contributed by atoms with Crippen molar-refractivity contribution in [3.8, 4) is 0 Å². The lowest BCUT2D eigenvalue weighted by atomic mass is 10.6. The monoisotopic (exact) mass is 161 g/mol. The summed E-state index contributed by atoms with van der Waals surface area (Å²) in [5, 5.41) is 3.06. The van der Waals surface area contributed by atoms with Gasteiger partial charge in [0.25, 0.3) is 0 Å². The highest BCUT2D eigenvalue weighted by Gasteiger charge is 1.82. The van der Waals surface area contributed by atoms with Gasteiger partial charge in [-0.25, -0.2) is 0 Å². The predicted octanol–water partition coefficient (Wildman–Crippen LogP) is -0.0548. The smallest absolute Gasteiger partial charge is 0.0101 e. The van der Waals surface area contributed by atoms with Gasteiger partial charge in [-0.05, 0) is 42.3 Å². The van der Waals surface area contributed by atoms with E-state index in [-0.39, 0.29) is 0 Å². The van der Waals surface area contributed by atoms with Gasteiger partial charge in [0.05, 0.1) is 0 Å². The summed E-state index contributed by atoms with van der Waals surface area (Å²) in [5.41, 5.74) is 0.